The van der Waals surface area contributed by atoms with Gasteiger partial charge in [-0.3, -0.25) is 4.68 Å². The minimum atomic E-state index is -4.17. The number of rotatable bonds is 5. The molecule has 1 heterocycles. The Morgan fingerprint density at radius 1 is 1.06 bits per heavy atom. The van der Waals surface area contributed by atoms with Crippen molar-refractivity contribution in [1.82, 2.24) is 14.5 Å². The Kier molecular flexibility index (Phi) is 5.80. The van der Waals surface area contributed by atoms with E-state index in [1.807, 2.05) is 0 Å². The maximum Gasteiger partial charge on any atom is 0.483 e. The fourth-order valence-corrected chi connectivity index (χ4v) is 6.12. The van der Waals surface area contributed by atoms with Crippen LogP contribution in [-0.2, 0) is 35.7 Å². The van der Waals surface area contributed by atoms with E-state index in [4.69, 9.17) is 0 Å². The lowest BCUT2D eigenvalue weighted by molar-refractivity contribution is 0.256. The largest absolute Gasteiger partial charge is 0.483 e. The topological polar surface area (TPSA) is 134 Å². The average Bonchev–Trinajstić information content (AvgIpc) is 3.53. The number of amides is 2. The first-order valence-corrected chi connectivity index (χ1v) is 12.9. The van der Waals surface area contributed by atoms with Gasteiger partial charge in [0.15, 0.2) is 5.03 Å². The van der Waals surface area contributed by atoms with E-state index in [1.54, 1.807) is 6.08 Å². The number of benzene rings is 1. The van der Waals surface area contributed by atoms with E-state index in [2.05, 4.69) is 21.2 Å². The van der Waals surface area contributed by atoms with E-state index in [-0.39, 0.29) is 11.1 Å². The summed E-state index contributed by atoms with van der Waals surface area (Å²) < 4.78 is 29.2. The van der Waals surface area contributed by atoms with E-state index in [0.29, 0.717) is 18.3 Å². The monoisotopic (exact) mass is 470 g/mol. The first-order valence-electron chi connectivity index (χ1n) is 11.4. The molecule has 9 nitrogen and oxygen atoms in total. The number of fused-ring (bicyclic) bond motifs is 2. The molecule has 0 fully saturated rings. The zero-order valence-electron chi connectivity index (χ0n) is 18.2. The van der Waals surface area contributed by atoms with Crippen LogP contribution in [-0.4, -0.2) is 41.4 Å². The third-order valence-corrected chi connectivity index (χ3v) is 8.06. The SMILES string of the molecule is O=C(Nc1c2c(cc3c1CCC3)CCC2)NS(=O)(=O)c1ccn(C2C=C(B(O)O)CCC2)n1. The Labute approximate surface area is 193 Å². The summed E-state index contributed by atoms with van der Waals surface area (Å²) in [7, 11) is -5.70. The lowest BCUT2D eigenvalue weighted by atomic mass is 9.73. The molecule has 1 aromatic heterocycles. The highest BCUT2D eigenvalue weighted by Gasteiger charge is 2.28. The molecule has 1 atom stereocenters. The number of sulfonamides is 1. The molecule has 2 amide bonds. The van der Waals surface area contributed by atoms with E-state index in [0.717, 1.165) is 61.8 Å². The van der Waals surface area contributed by atoms with Gasteiger partial charge in [-0.1, -0.05) is 12.1 Å². The Hall–Kier alpha value is -2.63. The molecule has 0 spiro atoms. The number of aromatic nitrogens is 2. The van der Waals surface area contributed by atoms with Gasteiger partial charge in [-0.2, -0.15) is 13.5 Å². The van der Waals surface area contributed by atoms with Crippen LogP contribution in [0.4, 0.5) is 10.5 Å². The van der Waals surface area contributed by atoms with Crippen LogP contribution in [0.1, 0.15) is 60.4 Å². The zero-order valence-corrected chi connectivity index (χ0v) is 19.1. The summed E-state index contributed by atoms with van der Waals surface area (Å²) >= 11 is 0. The molecule has 4 N–H and O–H groups in total. The van der Waals surface area contributed by atoms with Gasteiger partial charge >= 0.3 is 13.1 Å². The van der Waals surface area contributed by atoms with Crippen molar-refractivity contribution in [2.75, 3.05) is 5.32 Å². The molecule has 2 aromatic rings. The Bertz CT molecular complexity index is 1210. The van der Waals surface area contributed by atoms with Crippen LogP contribution in [0.2, 0.25) is 0 Å². The van der Waals surface area contributed by atoms with Crippen molar-refractivity contribution in [3.63, 3.8) is 0 Å². The van der Waals surface area contributed by atoms with Crippen molar-refractivity contribution >= 4 is 28.9 Å². The van der Waals surface area contributed by atoms with Crippen LogP contribution >= 0.6 is 0 Å². The summed E-state index contributed by atoms with van der Waals surface area (Å²) in [5.74, 6) is 0. The third kappa shape index (κ3) is 4.32. The van der Waals surface area contributed by atoms with Gasteiger partial charge in [0.2, 0.25) is 0 Å². The number of aryl methyl sites for hydroxylation is 2. The molecule has 0 saturated carbocycles. The van der Waals surface area contributed by atoms with Crippen molar-refractivity contribution in [2.45, 2.75) is 68.9 Å². The van der Waals surface area contributed by atoms with Gasteiger partial charge in [-0.25, -0.2) is 9.52 Å². The van der Waals surface area contributed by atoms with Crippen LogP contribution in [0.5, 0.6) is 0 Å². The van der Waals surface area contributed by atoms with Crippen molar-refractivity contribution in [3.8, 4) is 0 Å². The normalized spacial score (nSPS) is 19.6. The molecule has 0 saturated heterocycles. The summed E-state index contributed by atoms with van der Waals surface area (Å²) in [6, 6.07) is 2.52. The number of nitrogens with one attached hydrogen (secondary N) is 2. The van der Waals surface area contributed by atoms with E-state index in [9.17, 15) is 23.3 Å². The minimum Gasteiger partial charge on any atom is -0.423 e. The van der Waals surface area contributed by atoms with Crippen molar-refractivity contribution < 1.29 is 23.3 Å². The number of hydrogen-bond acceptors (Lipinski definition) is 6. The summed E-state index contributed by atoms with van der Waals surface area (Å²) in [5, 5.41) is 25.6. The van der Waals surface area contributed by atoms with Gasteiger partial charge < -0.3 is 15.4 Å². The number of hydrogen-bond donors (Lipinski definition) is 4. The smallest absolute Gasteiger partial charge is 0.423 e. The van der Waals surface area contributed by atoms with E-state index in [1.165, 1.54) is 28.1 Å². The highest BCUT2D eigenvalue weighted by molar-refractivity contribution is 7.90. The Morgan fingerprint density at radius 3 is 2.42 bits per heavy atom. The lowest BCUT2D eigenvalue weighted by Gasteiger charge is -2.21. The van der Waals surface area contributed by atoms with Crippen LogP contribution in [0.15, 0.2) is 34.9 Å². The van der Waals surface area contributed by atoms with Crippen LogP contribution < -0.4 is 10.0 Å². The first kappa shape index (κ1) is 22.2. The average molecular weight is 470 g/mol. The quantitative estimate of drug-likeness (QED) is 0.495. The Balaban J connectivity index is 1.33. The Morgan fingerprint density at radius 2 is 1.76 bits per heavy atom. The maximum atomic E-state index is 12.8. The van der Waals surface area contributed by atoms with Crippen LogP contribution in [0, 0.1) is 0 Å². The number of allylic oxidation sites excluding steroid dienone is 2. The highest BCUT2D eigenvalue weighted by atomic mass is 32.2. The maximum absolute atomic E-state index is 12.8. The van der Waals surface area contributed by atoms with Gasteiger partial charge in [0.1, 0.15) is 0 Å². The minimum absolute atomic E-state index is 0.258. The predicted molar refractivity (Wildman–Crippen MR) is 123 cm³/mol. The van der Waals surface area contributed by atoms with Gasteiger partial charge in [0.05, 0.1) is 6.04 Å². The fraction of sp³-hybridized carbons (Fsp3) is 0.455. The number of anilines is 1. The molecule has 3 aliphatic rings. The molecule has 33 heavy (non-hydrogen) atoms. The van der Waals surface area contributed by atoms with Gasteiger partial charge in [-0.15, -0.1) is 0 Å². The van der Waals surface area contributed by atoms with E-state index >= 15 is 0 Å². The number of carbonyl (C=O) groups is 1. The molecule has 3 aliphatic carbocycles. The molecular formula is C22H27BN4O5S. The molecule has 1 aromatic carbocycles. The van der Waals surface area contributed by atoms with Crippen molar-refractivity contribution in [3.05, 3.63) is 52.1 Å². The van der Waals surface area contributed by atoms with Crippen molar-refractivity contribution in [2.24, 2.45) is 0 Å². The summed E-state index contributed by atoms with van der Waals surface area (Å²) in [6.07, 6.45) is 11.1. The molecule has 0 aliphatic heterocycles. The molecule has 174 valence electrons. The third-order valence-electron chi connectivity index (χ3n) is 6.84. The zero-order chi connectivity index (χ0) is 23.2. The van der Waals surface area contributed by atoms with Gasteiger partial charge in [-0.05, 0) is 91.6 Å². The predicted octanol–water partition coefficient (Wildman–Crippen LogP) is 2.03. The second kappa shape index (κ2) is 8.62. The van der Waals surface area contributed by atoms with Crippen LogP contribution in [0.3, 0.4) is 0 Å². The summed E-state index contributed by atoms with van der Waals surface area (Å²) in [6.45, 7) is 0. The summed E-state index contributed by atoms with van der Waals surface area (Å²) in [5.41, 5.74) is 6.02. The fourth-order valence-electron chi connectivity index (χ4n) is 5.28. The number of urea groups is 1. The first-order chi connectivity index (χ1) is 15.8. The molecule has 11 heteroatoms. The second-order valence-electron chi connectivity index (χ2n) is 9.00. The molecular weight excluding hydrogens is 443 g/mol. The van der Waals surface area contributed by atoms with Gasteiger partial charge in [0.25, 0.3) is 10.0 Å². The second-order valence-corrected chi connectivity index (χ2v) is 10.6. The van der Waals surface area contributed by atoms with Crippen molar-refractivity contribution in [1.29, 1.82) is 0 Å². The lowest BCUT2D eigenvalue weighted by Crippen LogP contribution is -2.35. The van der Waals surface area contributed by atoms with Crippen LogP contribution in [0.25, 0.3) is 0 Å². The standard InChI is InChI=1S/C22H27BN4O5S/c28-22(24-21-18-8-1-4-14(18)12-15-5-2-9-19(15)21)26-33(31,32)20-10-11-27(25-20)17-7-3-6-16(13-17)23(29)30/h10-13,17,29-30H,1-9H2,(H2,24,26,28). The highest BCUT2D eigenvalue weighted by Crippen LogP contribution is 2.38. The number of nitrogens with zero attached hydrogens (tertiary/aromatic N) is 2. The van der Waals surface area contributed by atoms with Gasteiger partial charge in [0, 0.05) is 11.9 Å². The molecule has 5 rings (SSSR count). The summed E-state index contributed by atoms with van der Waals surface area (Å²) in [4.78, 5) is 12.7. The van der Waals surface area contributed by atoms with E-state index < -0.39 is 23.2 Å². The molecule has 0 bridgehead atoms. The molecule has 1 unspecified atom stereocenters. The number of carbonyl (C=O) groups excluding carboxylic acids is 1. The molecule has 0 radical (unpaired) electrons.